The predicted octanol–water partition coefficient (Wildman–Crippen LogP) is 3.04. The number of alkyl halides is 3. The molecule has 0 spiro atoms. The van der Waals surface area contributed by atoms with Crippen molar-refractivity contribution in [2.45, 2.75) is 64.6 Å². The van der Waals surface area contributed by atoms with Crippen LogP contribution < -0.4 is 5.32 Å². The first-order chi connectivity index (χ1) is 10.1. The standard InChI is InChI=1S/C12H23NO2.C2HF3O2/c1-3-12(4-2,11(14)15)9-13-10-7-5-6-8-10;3-2(4,5)1(6)7/h10,13H,3-9H2,1-2H3,(H,14,15);(H,6,7). The fourth-order valence-corrected chi connectivity index (χ4v) is 2.35. The average molecular weight is 327 g/mol. The second kappa shape index (κ2) is 8.97. The molecule has 0 radical (unpaired) electrons. The Labute approximate surface area is 127 Å². The highest BCUT2D eigenvalue weighted by molar-refractivity contribution is 5.74. The Morgan fingerprint density at radius 1 is 1.05 bits per heavy atom. The molecule has 5 nitrogen and oxygen atoms in total. The van der Waals surface area contributed by atoms with Gasteiger partial charge >= 0.3 is 18.1 Å². The highest BCUT2D eigenvalue weighted by Gasteiger charge is 2.38. The Morgan fingerprint density at radius 3 is 1.73 bits per heavy atom. The van der Waals surface area contributed by atoms with Crippen LogP contribution in [0.3, 0.4) is 0 Å². The lowest BCUT2D eigenvalue weighted by atomic mass is 9.82. The van der Waals surface area contributed by atoms with E-state index in [1.165, 1.54) is 25.7 Å². The van der Waals surface area contributed by atoms with Crippen molar-refractivity contribution in [3.05, 3.63) is 0 Å². The summed E-state index contributed by atoms with van der Waals surface area (Å²) in [6, 6.07) is 0.557. The molecule has 1 aliphatic carbocycles. The number of hydrogen-bond donors (Lipinski definition) is 3. The number of aliphatic carboxylic acids is 2. The maximum Gasteiger partial charge on any atom is 0.490 e. The van der Waals surface area contributed by atoms with Crippen molar-refractivity contribution in [1.29, 1.82) is 0 Å². The summed E-state index contributed by atoms with van der Waals surface area (Å²) in [6.45, 7) is 4.56. The Hall–Kier alpha value is -1.31. The van der Waals surface area contributed by atoms with E-state index in [1.54, 1.807) is 0 Å². The SMILES string of the molecule is CCC(CC)(CNC1CCCC1)C(=O)O.O=C(O)C(F)(F)F. The fourth-order valence-electron chi connectivity index (χ4n) is 2.35. The van der Waals surface area contributed by atoms with Crippen LogP contribution in [0.25, 0.3) is 0 Å². The van der Waals surface area contributed by atoms with Crippen LogP contribution in [0.1, 0.15) is 52.4 Å². The summed E-state index contributed by atoms with van der Waals surface area (Å²) < 4.78 is 31.7. The zero-order valence-electron chi connectivity index (χ0n) is 12.9. The molecule has 0 heterocycles. The van der Waals surface area contributed by atoms with E-state index in [4.69, 9.17) is 9.90 Å². The summed E-state index contributed by atoms with van der Waals surface area (Å²) in [7, 11) is 0. The lowest BCUT2D eigenvalue weighted by molar-refractivity contribution is -0.192. The number of carbonyl (C=O) groups is 2. The molecule has 0 saturated heterocycles. The minimum absolute atomic E-state index is 0.553. The van der Waals surface area contributed by atoms with Gasteiger partial charge in [0.2, 0.25) is 0 Å². The molecule has 22 heavy (non-hydrogen) atoms. The second-order valence-electron chi connectivity index (χ2n) is 5.46. The van der Waals surface area contributed by atoms with Crippen LogP contribution in [0, 0.1) is 5.41 Å². The van der Waals surface area contributed by atoms with Crippen LogP contribution in [-0.2, 0) is 9.59 Å². The minimum Gasteiger partial charge on any atom is -0.481 e. The van der Waals surface area contributed by atoms with Crippen molar-refractivity contribution in [1.82, 2.24) is 5.32 Å². The van der Waals surface area contributed by atoms with Gasteiger partial charge in [0.15, 0.2) is 0 Å². The van der Waals surface area contributed by atoms with Gasteiger partial charge in [-0.25, -0.2) is 4.79 Å². The highest BCUT2D eigenvalue weighted by Crippen LogP contribution is 2.27. The van der Waals surface area contributed by atoms with E-state index in [2.05, 4.69) is 5.32 Å². The van der Waals surface area contributed by atoms with Crippen LogP contribution in [0.5, 0.6) is 0 Å². The first kappa shape index (κ1) is 20.7. The molecule has 0 aromatic heterocycles. The number of rotatable bonds is 6. The molecule has 0 unspecified atom stereocenters. The zero-order chi connectivity index (χ0) is 17.4. The lowest BCUT2D eigenvalue weighted by Crippen LogP contribution is -2.43. The molecule has 1 fully saturated rings. The van der Waals surface area contributed by atoms with Crippen LogP contribution in [0.2, 0.25) is 0 Å². The van der Waals surface area contributed by atoms with E-state index in [1.807, 2.05) is 13.8 Å². The zero-order valence-corrected chi connectivity index (χ0v) is 12.9. The van der Waals surface area contributed by atoms with Crippen LogP contribution in [0.15, 0.2) is 0 Å². The smallest absolute Gasteiger partial charge is 0.481 e. The molecule has 1 rings (SSSR count). The molecule has 0 aliphatic heterocycles. The summed E-state index contributed by atoms with van der Waals surface area (Å²) in [6.07, 6.45) is 1.33. The molecule has 0 aromatic carbocycles. The quantitative estimate of drug-likeness (QED) is 0.698. The Morgan fingerprint density at radius 2 is 1.45 bits per heavy atom. The molecule has 0 atom stereocenters. The van der Waals surface area contributed by atoms with E-state index in [-0.39, 0.29) is 0 Å². The molecule has 0 aromatic rings. The Bertz CT molecular complexity index is 362. The topological polar surface area (TPSA) is 86.6 Å². The van der Waals surface area contributed by atoms with E-state index in [9.17, 15) is 23.1 Å². The van der Waals surface area contributed by atoms with E-state index >= 15 is 0 Å². The normalized spacial score (nSPS) is 16.0. The van der Waals surface area contributed by atoms with Crippen molar-refractivity contribution in [3.8, 4) is 0 Å². The van der Waals surface area contributed by atoms with E-state index in [0.717, 1.165) is 0 Å². The fraction of sp³-hybridized carbons (Fsp3) is 0.857. The van der Waals surface area contributed by atoms with Crippen molar-refractivity contribution < 1.29 is 33.0 Å². The van der Waals surface area contributed by atoms with E-state index in [0.29, 0.717) is 25.4 Å². The largest absolute Gasteiger partial charge is 0.490 e. The number of halogens is 3. The first-order valence-electron chi connectivity index (χ1n) is 7.36. The molecule has 1 aliphatic rings. The summed E-state index contributed by atoms with van der Waals surface area (Å²) >= 11 is 0. The molecular formula is C14H24F3NO4. The minimum atomic E-state index is -5.08. The van der Waals surface area contributed by atoms with Crippen LogP contribution >= 0.6 is 0 Å². The third-order valence-corrected chi connectivity index (χ3v) is 4.13. The van der Waals surface area contributed by atoms with Crippen molar-refractivity contribution in [3.63, 3.8) is 0 Å². The molecule has 3 N–H and O–H groups in total. The van der Waals surface area contributed by atoms with Gasteiger partial charge < -0.3 is 15.5 Å². The van der Waals surface area contributed by atoms with Crippen LogP contribution in [0.4, 0.5) is 13.2 Å². The second-order valence-corrected chi connectivity index (χ2v) is 5.46. The van der Waals surface area contributed by atoms with Gasteiger partial charge in [-0.15, -0.1) is 0 Å². The van der Waals surface area contributed by atoms with Gasteiger partial charge in [-0.3, -0.25) is 4.79 Å². The van der Waals surface area contributed by atoms with Gasteiger partial charge in [0.1, 0.15) is 0 Å². The summed E-state index contributed by atoms with van der Waals surface area (Å²) in [5.41, 5.74) is -0.553. The van der Waals surface area contributed by atoms with Crippen molar-refractivity contribution >= 4 is 11.9 Å². The van der Waals surface area contributed by atoms with Gasteiger partial charge in [0, 0.05) is 12.6 Å². The summed E-state index contributed by atoms with van der Waals surface area (Å²) in [5, 5.41) is 19.8. The monoisotopic (exact) mass is 327 g/mol. The molecule has 0 amide bonds. The van der Waals surface area contributed by atoms with Gasteiger partial charge in [0.25, 0.3) is 0 Å². The van der Waals surface area contributed by atoms with Crippen LogP contribution in [-0.4, -0.2) is 40.9 Å². The van der Waals surface area contributed by atoms with Gasteiger partial charge in [0.05, 0.1) is 5.41 Å². The number of hydrogen-bond acceptors (Lipinski definition) is 3. The third-order valence-electron chi connectivity index (χ3n) is 4.13. The summed E-state index contributed by atoms with van der Waals surface area (Å²) in [5.74, 6) is -3.41. The summed E-state index contributed by atoms with van der Waals surface area (Å²) in [4.78, 5) is 20.1. The molecular weight excluding hydrogens is 303 g/mol. The van der Waals surface area contributed by atoms with Crippen molar-refractivity contribution in [2.24, 2.45) is 5.41 Å². The molecule has 8 heteroatoms. The van der Waals surface area contributed by atoms with Gasteiger partial charge in [-0.2, -0.15) is 13.2 Å². The van der Waals surface area contributed by atoms with Gasteiger partial charge in [-0.05, 0) is 25.7 Å². The van der Waals surface area contributed by atoms with Crippen molar-refractivity contribution in [2.75, 3.05) is 6.54 Å². The third kappa shape index (κ3) is 6.64. The molecule has 130 valence electrons. The number of carboxylic acids is 2. The Kier molecular flexibility index (Phi) is 8.44. The average Bonchev–Trinajstić information content (AvgIpc) is 2.93. The molecule has 1 saturated carbocycles. The van der Waals surface area contributed by atoms with Gasteiger partial charge in [-0.1, -0.05) is 26.7 Å². The van der Waals surface area contributed by atoms with E-state index < -0.39 is 23.5 Å². The first-order valence-corrected chi connectivity index (χ1v) is 7.36. The molecule has 0 bridgehead atoms. The lowest BCUT2D eigenvalue weighted by Gasteiger charge is -2.28. The number of nitrogens with one attached hydrogen (secondary N) is 1. The maximum absolute atomic E-state index is 11.2. The maximum atomic E-state index is 11.2. The number of carboxylic acid groups (broad SMARTS) is 2. The Balaban J connectivity index is 0.000000534. The predicted molar refractivity (Wildman–Crippen MR) is 74.6 cm³/mol. The highest BCUT2D eigenvalue weighted by atomic mass is 19.4.